The lowest BCUT2D eigenvalue weighted by Crippen LogP contribution is -2.34. The maximum Gasteiger partial charge on any atom is 0.222 e. The molecular weight excluding hydrogens is 166 g/mol. The van der Waals surface area contributed by atoms with Crippen LogP contribution in [0.15, 0.2) is 0 Å². The van der Waals surface area contributed by atoms with Crippen molar-refractivity contribution in [2.45, 2.75) is 31.8 Å². The molecule has 72 valence electrons. The molecule has 0 aromatic carbocycles. The number of nitrogens with zero attached hydrogens (tertiary/aromatic N) is 1. The number of amides is 1. The first kappa shape index (κ1) is 10.1. The Morgan fingerprint density at radius 2 is 2.46 bits per heavy atom. The molecule has 1 fully saturated rings. The van der Waals surface area contributed by atoms with Crippen molar-refractivity contribution in [3.8, 4) is 12.3 Å². The zero-order valence-corrected chi connectivity index (χ0v) is 7.92. The first-order valence-electron chi connectivity index (χ1n) is 4.59. The van der Waals surface area contributed by atoms with Crippen LogP contribution in [0.1, 0.15) is 26.2 Å². The van der Waals surface area contributed by atoms with Gasteiger partial charge in [0.25, 0.3) is 0 Å². The summed E-state index contributed by atoms with van der Waals surface area (Å²) in [5.74, 6) is 2.42. The van der Waals surface area contributed by atoms with Crippen LogP contribution in [0, 0.1) is 12.3 Å². The van der Waals surface area contributed by atoms with Crippen molar-refractivity contribution in [2.24, 2.45) is 0 Å². The Labute approximate surface area is 78.7 Å². The minimum atomic E-state index is -1.08. The largest absolute Gasteiger partial charge is 0.376 e. The summed E-state index contributed by atoms with van der Waals surface area (Å²) in [5.41, 5.74) is -1.08. The van der Waals surface area contributed by atoms with Gasteiger partial charge in [-0.05, 0) is 6.42 Å². The summed E-state index contributed by atoms with van der Waals surface area (Å²) in [4.78, 5) is 13.0. The van der Waals surface area contributed by atoms with Crippen molar-refractivity contribution in [1.29, 1.82) is 0 Å². The van der Waals surface area contributed by atoms with Gasteiger partial charge in [0.1, 0.15) is 5.60 Å². The van der Waals surface area contributed by atoms with E-state index in [1.807, 2.05) is 6.92 Å². The first-order chi connectivity index (χ1) is 6.11. The van der Waals surface area contributed by atoms with Gasteiger partial charge in [-0.25, -0.2) is 0 Å². The van der Waals surface area contributed by atoms with E-state index in [9.17, 15) is 9.90 Å². The minimum absolute atomic E-state index is 0.0914. The van der Waals surface area contributed by atoms with Crippen LogP contribution < -0.4 is 0 Å². The highest BCUT2D eigenvalue weighted by molar-refractivity contribution is 5.76. The molecule has 1 aliphatic rings. The molecule has 1 N–H and O–H groups in total. The van der Waals surface area contributed by atoms with Gasteiger partial charge in [0.05, 0.1) is 6.54 Å². The summed E-state index contributed by atoms with van der Waals surface area (Å²) in [6.45, 7) is 2.84. The lowest BCUT2D eigenvalue weighted by molar-refractivity contribution is -0.130. The fraction of sp³-hybridized carbons (Fsp3) is 0.700. The average Bonchev–Trinajstić information content (AvgIpc) is 2.50. The molecule has 1 rings (SSSR count). The third kappa shape index (κ3) is 2.22. The lowest BCUT2D eigenvalue weighted by Gasteiger charge is -2.17. The molecule has 0 spiro atoms. The zero-order chi connectivity index (χ0) is 9.90. The highest BCUT2D eigenvalue weighted by Crippen LogP contribution is 2.20. The summed E-state index contributed by atoms with van der Waals surface area (Å²) in [5, 5.41) is 9.66. The molecule has 1 aliphatic heterocycles. The van der Waals surface area contributed by atoms with Crippen LogP contribution in [0.5, 0.6) is 0 Å². The smallest absolute Gasteiger partial charge is 0.222 e. The number of hydrogen-bond acceptors (Lipinski definition) is 2. The fourth-order valence-electron chi connectivity index (χ4n) is 1.50. The van der Waals surface area contributed by atoms with Crippen molar-refractivity contribution in [3.05, 3.63) is 0 Å². The molecule has 0 saturated carbocycles. The lowest BCUT2D eigenvalue weighted by atomic mass is 10.1. The van der Waals surface area contributed by atoms with Crippen molar-refractivity contribution < 1.29 is 9.90 Å². The highest BCUT2D eigenvalue weighted by Gasteiger charge is 2.35. The number of likely N-dealkylation sites (tertiary alicyclic amines) is 1. The molecule has 1 amide bonds. The molecule has 3 nitrogen and oxygen atoms in total. The Morgan fingerprint density at radius 1 is 1.77 bits per heavy atom. The molecule has 1 atom stereocenters. The Balaban J connectivity index is 2.51. The van der Waals surface area contributed by atoms with Crippen LogP contribution in [0.25, 0.3) is 0 Å². The summed E-state index contributed by atoms with van der Waals surface area (Å²) >= 11 is 0. The van der Waals surface area contributed by atoms with E-state index in [0.29, 0.717) is 25.9 Å². The molecule has 0 radical (unpaired) electrons. The summed E-state index contributed by atoms with van der Waals surface area (Å²) < 4.78 is 0. The van der Waals surface area contributed by atoms with Gasteiger partial charge in [0.2, 0.25) is 5.91 Å². The van der Waals surface area contributed by atoms with Gasteiger partial charge in [-0.2, -0.15) is 0 Å². The molecule has 1 unspecified atom stereocenters. The van der Waals surface area contributed by atoms with Crippen molar-refractivity contribution in [3.63, 3.8) is 0 Å². The van der Waals surface area contributed by atoms with Gasteiger partial charge in [-0.1, -0.05) is 12.8 Å². The topological polar surface area (TPSA) is 40.5 Å². The summed E-state index contributed by atoms with van der Waals surface area (Å²) in [7, 11) is 0. The standard InChI is InChI=1S/C10H15NO2/c1-3-5-9(12)11-7-6-10(13,4-2)8-11/h2,13H,3,5-8H2,1H3. The van der Waals surface area contributed by atoms with E-state index in [1.165, 1.54) is 0 Å². The van der Waals surface area contributed by atoms with Crippen LogP contribution >= 0.6 is 0 Å². The van der Waals surface area contributed by atoms with E-state index in [2.05, 4.69) is 5.92 Å². The Hall–Kier alpha value is -1.01. The second kappa shape index (κ2) is 3.80. The number of carbonyl (C=O) groups excluding carboxylic acids is 1. The summed E-state index contributed by atoms with van der Waals surface area (Å²) in [6.07, 6.45) is 7.04. The van der Waals surface area contributed by atoms with E-state index >= 15 is 0 Å². The number of aliphatic hydroxyl groups is 1. The van der Waals surface area contributed by atoms with Crippen LogP contribution in [0.3, 0.4) is 0 Å². The SMILES string of the molecule is C#CC1(O)CCN(C(=O)CCC)C1. The number of carbonyl (C=O) groups is 1. The Bertz CT molecular complexity index is 244. The number of β-amino-alcohol motifs (C(OH)–C–C–N with tert-alkyl or cyclic N) is 1. The van der Waals surface area contributed by atoms with Gasteiger partial charge < -0.3 is 10.0 Å². The van der Waals surface area contributed by atoms with Crippen molar-refractivity contribution in [2.75, 3.05) is 13.1 Å². The van der Waals surface area contributed by atoms with Crippen LogP contribution in [0.2, 0.25) is 0 Å². The average molecular weight is 181 g/mol. The Kier molecular flexibility index (Phi) is 2.94. The van der Waals surface area contributed by atoms with Gasteiger partial charge in [-0.3, -0.25) is 4.79 Å². The van der Waals surface area contributed by atoms with Crippen LogP contribution in [0.4, 0.5) is 0 Å². The molecule has 0 bridgehead atoms. The predicted molar refractivity (Wildman–Crippen MR) is 49.9 cm³/mol. The first-order valence-corrected chi connectivity index (χ1v) is 4.59. The molecule has 13 heavy (non-hydrogen) atoms. The highest BCUT2D eigenvalue weighted by atomic mass is 16.3. The van der Waals surface area contributed by atoms with Gasteiger partial charge >= 0.3 is 0 Å². The second-order valence-corrected chi connectivity index (χ2v) is 3.49. The fourth-order valence-corrected chi connectivity index (χ4v) is 1.50. The quantitative estimate of drug-likeness (QED) is 0.626. The second-order valence-electron chi connectivity index (χ2n) is 3.49. The molecule has 3 heteroatoms. The van der Waals surface area contributed by atoms with Crippen molar-refractivity contribution in [1.82, 2.24) is 4.90 Å². The van der Waals surface area contributed by atoms with Gasteiger partial charge in [-0.15, -0.1) is 6.42 Å². The zero-order valence-electron chi connectivity index (χ0n) is 7.92. The Morgan fingerprint density at radius 3 is 2.92 bits per heavy atom. The number of rotatable bonds is 2. The number of hydrogen-bond donors (Lipinski definition) is 1. The normalized spacial score (nSPS) is 27.3. The van der Waals surface area contributed by atoms with Crippen LogP contribution in [-0.4, -0.2) is 34.6 Å². The summed E-state index contributed by atoms with van der Waals surface area (Å²) in [6, 6.07) is 0. The minimum Gasteiger partial charge on any atom is -0.376 e. The molecular formula is C10H15NO2. The molecule has 0 aromatic rings. The third-order valence-electron chi connectivity index (χ3n) is 2.33. The maximum absolute atomic E-state index is 11.4. The predicted octanol–water partition coefficient (Wildman–Crippen LogP) is 0.383. The third-order valence-corrected chi connectivity index (χ3v) is 2.33. The van der Waals surface area contributed by atoms with E-state index in [0.717, 1.165) is 6.42 Å². The van der Waals surface area contributed by atoms with Crippen molar-refractivity contribution >= 4 is 5.91 Å². The molecule has 1 saturated heterocycles. The molecule has 0 aromatic heterocycles. The van der Waals surface area contributed by atoms with E-state index in [-0.39, 0.29) is 5.91 Å². The molecule has 0 aliphatic carbocycles. The van der Waals surface area contributed by atoms with Gasteiger partial charge in [0.15, 0.2) is 0 Å². The monoisotopic (exact) mass is 181 g/mol. The number of terminal acetylenes is 1. The van der Waals surface area contributed by atoms with E-state index < -0.39 is 5.60 Å². The van der Waals surface area contributed by atoms with Crippen LogP contribution in [-0.2, 0) is 4.79 Å². The van der Waals surface area contributed by atoms with E-state index in [1.54, 1.807) is 4.90 Å². The maximum atomic E-state index is 11.4. The van der Waals surface area contributed by atoms with E-state index in [4.69, 9.17) is 6.42 Å². The van der Waals surface area contributed by atoms with Gasteiger partial charge in [0, 0.05) is 19.4 Å². The molecule has 1 heterocycles.